The molecule has 2 fully saturated rings. The van der Waals surface area contributed by atoms with Crippen LogP contribution in [0.5, 0.6) is 0 Å². The normalized spacial score (nSPS) is 25.0. The van der Waals surface area contributed by atoms with Gasteiger partial charge in [0.1, 0.15) is 5.82 Å². The first-order valence-electron chi connectivity index (χ1n) is 9.24. The molecule has 3 rings (SSSR count). The number of aromatic nitrogens is 2. The molecular formula is C18H29N5O2. The van der Waals surface area contributed by atoms with Gasteiger partial charge in [0.05, 0.1) is 0 Å². The standard InChI is InChI=1S/C18H29N5O2/c1-15-19-9-11-22(15)10-3-4-17(25)23-13-12-21(2)18(14-23)6-5-16(24)20-8-7-18/h9,11H,3-8,10,12-14H2,1-2H3,(H,20,24)/t18-/m0/s1. The lowest BCUT2D eigenvalue weighted by atomic mass is 9.86. The number of hydrogen-bond acceptors (Lipinski definition) is 4. The van der Waals surface area contributed by atoms with Crippen molar-refractivity contribution in [3.8, 4) is 0 Å². The van der Waals surface area contributed by atoms with E-state index in [0.717, 1.165) is 51.3 Å². The predicted molar refractivity (Wildman–Crippen MR) is 95.0 cm³/mol. The fourth-order valence-corrected chi connectivity index (χ4v) is 4.01. The van der Waals surface area contributed by atoms with E-state index in [1.165, 1.54) is 0 Å². The minimum Gasteiger partial charge on any atom is -0.356 e. The molecule has 0 saturated carbocycles. The van der Waals surface area contributed by atoms with Crippen LogP contribution >= 0.6 is 0 Å². The smallest absolute Gasteiger partial charge is 0.222 e. The SMILES string of the molecule is Cc1nccn1CCCC(=O)N1CCN(C)[C@@]2(CCNC(=O)CC2)C1. The van der Waals surface area contributed by atoms with Gasteiger partial charge >= 0.3 is 0 Å². The van der Waals surface area contributed by atoms with Crippen molar-refractivity contribution in [2.75, 3.05) is 33.2 Å². The summed E-state index contributed by atoms with van der Waals surface area (Å²) < 4.78 is 2.08. The zero-order valence-corrected chi connectivity index (χ0v) is 15.3. The summed E-state index contributed by atoms with van der Waals surface area (Å²) in [6, 6.07) is 0. The van der Waals surface area contributed by atoms with Gasteiger partial charge in [-0.1, -0.05) is 0 Å². The average Bonchev–Trinajstić information content (AvgIpc) is 2.90. The van der Waals surface area contributed by atoms with Crippen molar-refractivity contribution in [3.05, 3.63) is 18.2 Å². The molecule has 1 spiro atoms. The van der Waals surface area contributed by atoms with Crippen LogP contribution in [-0.2, 0) is 16.1 Å². The first kappa shape index (κ1) is 17.9. The Kier molecular flexibility index (Phi) is 5.42. The number of rotatable bonds is 4. The Morgan fingerprint density at radius 1 is 1.36 bits per heavy atom. The van der Waals surface area contributed by atoms with Crippen LogP contribution in [0.2, 0.25) is 0 Å². The zero-order chi connectivity index (χ0) is 17.9. The number of nitrogens with zero attached hydrogens (tertiary/aromatic N) is 4. The largest absolute Gasteiger partial charge is 0.356 e. The number of amides is 2. The van der Waals surface area contributed by atoms with Crippen LogP contribution in [0.3, 0.4) is 0 Å². The summed E-state index contributed by atoms with van der Waals surface area (Å²) in [6.45, 7) is 5.90. The van der Waals surface area contributed by atoms with Crippen molar-refractivity contribution in [2.45, 2.75) is 51.1 Å². The number of piperazine rings is 1. The molecule has 3 heterocycles. The second-order valence-electron chi connectivity index (χ2n) is 7.33. The van der Waals surface area contributed by atoms with Crippen LogP contribution in [-0.4, -0.2) is 69.9 Å². The molecule has 2 saturated heterocycles. The first-order chi connectivity index (χ1) is 12.0. The molecule has 2 aliphatic heterocycles. The molecule has 1 aromatic rings. The van der Waals surface area contributed by atoms with Gasteiger partial charge in [-0.05, 0) is 33.2 Å². The van der Waals surface area contributed by atoms with Crippen molar-refractivity contribution in [3.63, 3.8) is 0 Å². The lowest BCUT2D eigenvalue weighted by Gasteiger charge is -2.49. The van der Waals surface area contributed by atoms with Crippen LogP contribution in [0.4, 0.5) is 0 Å². The van der Waals surface area contributed by atoms with Crippen LogP contribution < -0.4 is 5.32 Å². The Morgan fingerprint density at radius 2 is 2.20 bits per heavy atom. The van der Waals surface area contributed by atoms with Crippen LogP contribution in [0.15, 0.2) is 12.4 Å². The Hall–Kier alpha value is -1.89. The summed E-state index contributed by atoms with van der Waals surface area (Å²) in [7, 11) is 2.12. The number of aryl methyl sites for hydroxylation is 2. The minimum atomic E-state index is -0.0615. The second kappa shape index (κ2) is 7.56. The fraction of sp³-hybridized carbons (Fsp3) is 0.722. The second-order valence-corrected chi connectivity index (χ2v) is 7.33. The van der Waals surface area contributed by atoms with E-state index in [4.69, 9.17) is 0 Å². The number of carbonyl (C=O) groups excluding carboxylic acids is 2. The van der Waals surface area contributed by atoms with Crippen molar-refractivity contribution < 1.29 is 9.59 Å². The van der Waals surface area contributed by atoms with E-state index in [9.17, 15) is 9.59 Å². The Balaban J connectivity index is 1.55. The highest BCUT2D eigenvalue weighted by molar-refractivity contribution is 5.77. The monoisotopic (exact) mass is 347 g/mol. The number of imidazole rings is 1. The Morgan fingerprint density at radius 3 is 2.96 bits per heavy atom. The van der Waals surface area contributed by atoms with E-state index in [1.807, 2.05) is 18.0 Å². The van der Waals surface area contributed by atoms with Crippen LogP contribution in [0, 0.1) is 6.92 Å². The maximum atomic E-state index is 12.7. The summed E-state index contributed by atoms with van der Waals surface area (Å²) in [4.78, 5) is 33.0. The van der Waals surface area contributed by atoms with Crippen molar-refractivity contribution in [2.24, 2.45) is 0 Å². The number of nitrogens with one attached hydrogen (secondary N) is 1. The quantitative estimate of drug-likeness (QED) is 0.874. The van der Waals surface area contributed by atoms with E-state index in [2.05, 4.69) is 26.8 Å². The third kappa shape index (κ3) is 4.03. The topological polar surface area (TPSA) is 70.5 Å². The third-order valence-electron chi connectivity index (χ3n) is 5.80. The van der Waals surface area contributed by atoms with Gasteiger partial charge in [-0.15, -0.1) is 0 Å². The van der Waals surface area contributed by atoms with E-state index in [0.29, 0.717) is 19.4 Å². The lowest BCUT2D eigenvalue weighted by molar-refractivity contribution is -0.137. The van der Waals surface area contributed by atoms with Crippen molar-refractivity contribution in [1.29, 1.82) is 0 Å². The third-order valence-corrected chi connectivity index (χ3v) is 5.80. The molecule has 2 aliphatic rings. The van der Waals surface area contributed by atoms with Gasteiger partial charge in [0, 0.05) is 63.5 Å². The highest BCUT2D eigenvalue weighted by Crippen LogP contribution is 2.30. The molecule has 0 aliphatic carbocycles. The first-order valence-corrected chi connectivity index (χ1v) is 9.24. The van der Waals surface area contributed by atoms with Gasteiger partial charge in [-0.2, -0.15) is 0 Å². The summed E-state index contributed by atoms with van der Waals surface area (Å²) in [5.41, 5.74) is -0.0615. The maximum absolute atomic E-state index is 12.7. The molecule has 1 N–H and O–H groups in total. The van der Waals surface area contributed by atoms with Gasteiger partial charge in [-0.3, -0.25) is 14.5 Å². The fourth-order valence-electron chi connectivity index (χ4n) is 4.01. The molecule has 0 aromatic carbocycles. The molecule has 138 valence electrons. The van der Waals surface area contributed by atoms with E-state index >= 15 is 0 Å². The van der Waals surface area contributed by atoms with Gasteiger partial charge in [-0.25, -0.2) is 4.98 Å². The molecule has 0 unspecified atom stereocenters. The van der Waals surface area contributed by atoms with Crippen molar-refractivity contribution in [1.82, 2.24) is 24.7 Å². The predicted octanol–water partition coefficient (Wildman–Crippen LogP) is 0.785. The average molecular weight is 347 g/mol. The maximum Gasteiger partial charge on any atom is 0.222 e. The van der Waals surface area contributed by atoms with Crippen molar-refractivity contribution >= 4 is 11.8 Å². The molecule has 25 heavy (non-hydrogen) atoms. The minimum absolute atomic E-state index is 0.0615. The molecule has 1 aromatic heterocycles. The number of carbonyl (C=O) groups is 2. The van der Waals surface area contributed by atoms with E-state index < -0.39 is 0 Å². The Labute approximate surface area is 149 Å². The van der Waals surface area contributed by atoms with Gasteiger partial charge < -0.3 is 14.8 Å². The van der Waals surface area contributed by atoms with Gasteiger partial charge in [0.25, 0.3) is 0 Å². The molecule has 7 nitrogen and oxygen atoms in total. The molecular weight excluding hydrogens is 318 g/mol. The highest BCUT2D eigenvalue weighted by Gasteiger charge is 2.41. The Bertz CT molecular complexity index is 629. The summed E-state index contributed by atoms with van der Waals surface area (Å²) in [5, 5.41) is 2.96. The van der Waals surface area contributed by atoms with E-state index in [-0.39, 0.29) is 17.4 Å². The number of hydrogen-bond donors (Lipinski definition) is 1. The van der Waals surface area contributed by atoms with E-state index in [1.54, 1.807) is 6.20 Å². The van der Waals surface area contributed by atoms with Crippen LogP contribution in [0.25, 0.3) is 0 Å². The molecule has 7 heteroatoms. The number of likely N-dealkylation sites (N-methyl/N-ethyl adjacent to an activating group) is 1. The van der Waals surface area contributed by atoms with Gasteiger partial charge in [0.15, 0.2) is 0 Å². The molecule has 1 atom stereocenters. The lowest BCUT2D eigenvalue weighted by Crippen LogP contribution is -2.62. The molecule has 0 bridgehead atoms. The summed E-state index contributed by atoms with van der Waals surface area (Å²) in [5.74, 6) is 1.35. The molecule has 0 radical (unpaired) electrons. The zero-order valence-electron chi connectivity index (χ0n) is 15.3. The highest BCUT2D eigenvalue weighted by atomic mass is 16.2. The summed E-state index contributed by atoms with van der Waals surface area (Å²) >= 11 is 0. The van der Waals surface area contributed by atoms with Crippen LogP contribution in [0.1, 0.15) is 37.9 Å². The summed E-state index contributed by atoms with van der Waals surface area (Å²) in [6.07, 6.45) is 7.43. The van der Waals surface area contributed by atoms with Gasteiger partial charge in [0.2, 0.25) is 11.8 Å². The molecule has 2 amide bonds.